The molecule has 1 aromatic carbocycles. The second-order valence-corrected chi connectivity index (χ2v) is 7.62. The van der Waals surface area contributed by atoms with Crippen LogP contribution in [0.3, 0.4) is 0 Å². The number of amides is 2. The van der Waals surface area contributed by atoms with Crippen molar-refractivity contribution in [2.24, 2.45) is 0 Å². The summed E-state index contributed by atoms with van der Waals surface area (Å²) < 4.78 is 0. The van der Waals surface area contributed by atoms with Crippen LogP contribution in [0.2, 0.25) is 0 Å². The van der Waals surface area contributed by atoms with Crippen LogP contribution in [0.5, 0.6) is 0 Å². The van der Waals surface area contributed by atoms with Crippen molar-refractivity contribution in [3.63, 3.8) is 0 Å². The first-order chi connectivity index (χ1) is 13.6. The zero-order chi connectivity index (χ0) is 19.5. The highest BCUT2D eigenvalue weighted by Gasteiger charge is 2.32. The third-order valence-corrected chi connectivity index (χ3v) is 5.82. The SMILES string of the molecule is CC(=O)N1CCC[C@@H]1C(=O)Nc1cccc(CSc2ncnc3[nH]ncc23)c1. The number of hydrogen-bond acceptors (Lipinski definition) is 6. The first-order valence-corrected chi connectivity index (χ1v) is 10.0. The molecule has 1 aliphatic heterocycles. The number of nitrogens with zero attached hydrogens (tertiary/aromatic N) is 4. The molecule has 1 fully saturated rings. The number of aromatic amines is 1. The number of likely N-dealkylation sites (tertiary alicyclic amines) is 1. The molecule has 3 heterocycles. The molecular formula is C19H20N6O2S. The molecule has 2 aromatic heterocycles. The molecule has 144 valence electrons. The van der Waals surface area contributed by atoms with Gasteiger partial charge in [0.1, 0.15) is 17.4 Å². The molecule has 0 bridgehead atoms. The number of nitrogens with one attached hydrogen (secondary N) is 2. The maximum atomic E-state index is 12.6. The van der Waals surface area contributed by atoms with Crippen molar-refractivity contribution in [3.05, 3.63) is 42.4 Å². The van der Waals surface area contributed by atoms with E-state index in [0.29, 0.717) is 24.4 Å². The lowest BCUT2D eigenvalue weighted by molar-refractivity contribution is -0.134. The molecule has 0 radical (unpaired) electrons. The normalized spacial score (nSPS) is 16.5. The predicted molar refractivity (Wildman–Crippen MR) is 107 cm³/mol. The molecule has 0 unspecified atom stereocenters. The van der Waals surface area contributed by atoms with Crippen molar-refractivity contribution in [1.82, 2.24) is 25.1 Å². The van der Waals surface area contributed by atoms with Gasteiger partial charge in [0, 0.05) is 24.9 Å². The van der Waals surface area contributed by atoms with Gasteiger partial charge in [-0.25, -0.2) is 9.97 Å². The number of carbonyl (C=O) groups is 2. The first kappa shape index (κ1) is 18.4. The summed E-state index contributed by atoms with van der Waals surface area (Å²) >= 11 is 1.59. The van der Waals surface area contributed by atoms with E-state index < -0.39 is 0 Å². The van der Waals surface area contributed by atoms with Crippen LogP contribution in [0.25, 0.3) is 11.0 Å². The van der Waals surface area contributed by atoms with E-state index in [-0.39, 0.29) is 17.9 Å². The first-order valence-electron chi connectivity index (χ1n) is 9.06. The van der Waals surface area contributed by atoms with Crippen molar-refractivity contribution in [1.29, 1.82) is 0 Å². The molecule has 1 aliphatic rings. The Labute approximate surface area is 166 Å². The molecule has 0 saturated carbocycles. The Balaban J connectivity index is 1.42. The zero-order valence-electron chi connectivity index (χ0n) is 15.4. The second-order valence-electron chi connectivity index (χ2n) is 6.66. The zero-order valence-corrected chi connectivity index (χ0v) is 16.2. The van der Waals surface area contributed by atoms with Crippen LogP contribution in [0.15, 0.2) is 41.8 Å². The lowest BCUT2D eigenvalue weighted by Crippen LogP contribution is -2.42. The van der Waals surface area contributed by atoms with Crippen LogP contribution >= 0.6 is 11.8 Å². The Bertz CT molecular complexity index is 1020. The van der Waals surface area contributed by atoms with Crippen LogP contribution < -0.4 is 5.32 Å². The number of anilines is 1. The second kappa shape index (κ2) is 7.97. The number of rotatable bonds is 5. The van der Waals surface area contributed by atoms with Gasteiger partial charge in [-0.05, 0) is 30.5 Å². The van der Waals surface area contributed by atoms with Gasteiger partial charge in [0.2, 0.25) is 11.8 Å². The lowest BCUT2D eigenvalue weighted by atomic mass is 10.2. The van der Waals surface area contributed by atoms with Crippen LogP contribution in [0.1, 0.15) is 25.3 Å². The predicted octanol–water partition coefficient (Wildman–Crippen LogP) is 2.59. The quantitative estimate of drug-likeness (QED) is 0.507. The minimum atomic E-state index is -0.383. The van der Waals surface area contributed by atoms with E-state index in [4.69, 9.17) is 0 Å². The maximum absolute atomic E-state index is 12.6. The van der Waals surface area contributed by atoms with E-state index in [1.807, 2.05) is 24.3 Å². The molecule has 9 heteroatoms. The molecule has 28 heavy (non-hydrogen) atoms. The molecular weight excluding hydrogens is 376 g/mol. The fraction of sp³-hybridized carbons (Fsp3) is 0.316. The molecule has 1 atom stereocenters. The van der Waals surface area contributed by atoms with Crippen LogP contribution in [0.4, 0.5) is 5.69 Å². The average molecular weight is 396 g/mol. The van der Waals surface area contributed by atoms with E-state index in [2.05, 4.69) is 25.5 Å². The highest BCUT2D eigenvalue weighted by molar-refractivity contribution is 7.98. The van der Waals surface area contributed by atoms with E-state index in [0.717, 1.165) is 28.1 Å². The molecule has 0 spiro atoms. The summed E-state index contributed by atoms with van der Waals surface area (Å²) in [6.07, 6.45) is 4.80. The molecule has 1 saturated heterocycles. The van der Waals surface area contributed by atoms with E-state index in [1.54, 1.807) is 22.9 Å². The number of carbonyl (C=O) groups excluding carboxylic acids is 2. The van der Waals surface area contributed by atoms with Crippen LogP contribution in [-0.4, -0.2) is 49.5 Å². The van der Waals surface area contributed by atoms with Gasteiger partial charge in [-0.2, -0.15) is 5.10 Å². The third kappa shape index (κ3) is 3.84. The van der Waals surface area contributed by atoms with Gasteiger partial charge in [0.25, 0.3) is 0 Å². The highest BCUT2D eigenvalue weighted by atomic mass is 32.2. The lowest BCUT2D eigenvalue weighted by Gasteiger charge is -2.22. The number of aromatic nitrogens is 4. The summed E-state index contributed by atoms with van der Waals surface area (Å²) in [5, 5.41) is 11.5. The minimum Gasteiger partial charge on any atom is -0.331 e. The number of thioether (sulfide) groups is 1. The Morgan fingerprint density at radius 3 is 3.11 bits per heavy atom. The molecule has 4 rings (SSSR count). The smallest absolute Gasteiger partial charge is 0.247 e. The molecule has 8 nitrogen and oxygen atoms in total. The van der Waals surface area contributed by atoms with Gasteiger partial charge < -0.3 is 10.2 Å². The fourth-order valence-electron chi connectivity index (χ4n) is 3.39. The average Bonchev–Trinajstić information content (AvgIpc) is 3.36. The highest BCUT2D eigenvalue weighted by Crippen LogP contribution is 2.27. The topological polar surface area (TPSA) is 104 Å². The minimum absolute atomic E-state index is 0.0572. The fourth-order valence-corrected chi connectivity index (χ4v) is 4.30. The van der Waals surface area contributed by atoms with Gasteiger partial charge in [0.05, 0.1) is 11.6 Å². The molecule has 3 aromatic rings. The molecule has 2 amide bonds. The standard InChI is InChI=1S/C19H20N6O2S/c1-12(26)25-7-3-6-16(25)18(27)23-14-5-2-4-13(8-14)10-28-19-15-9-22-24-17(15)20-11-21-19/h2,4-5,8-9,11,16H,3,6-7,10H2,1H3,(H,23,27)(H,20,21,22,24)/t16-/m1/s1. The van der Waals surface area contributed by atoms with Gasteiger partial charge >= 0.3 is 0 Å². The Kier molecular flexibility index (Phi) is 5.25. The summed E-state index contributed by atoms with van der Waals surface area (Å²) in [5.74, 6) is 0.510. The summed E-state index contributed by atoms with van der Waals surface area (Å²) in [5.41, 5.74) is 2.51. The van der Waals surface area contributed by atoms with E-state index in [1.165, 1.54) is 13.3 Å². The van der Waals surface area contributed by atoms with Crippen molar-refractivity contribution in [3.8, 4) is 0 Å². The monoisotopic (exact) mass is 396 g/mol. The van der Waals surface area contributed by atoms with Crippen molar-refractivity contribution in [2.75, 3.05) is 11.9 Å². The summed E-state index contributed by atoms with van der Waals surface area (Å²) in [7, 11) is 0. The number of hydrogen-bond donors (Lipinski definition) is 2. The largest absolute Gasteiger partial charge is 0.331 e. The van der Waals surface area contributed by atoms with Crippen LogP contribution in [0, 0.1) is 0 Å². The summed E-state index contributed by atoms with van der Waals surface area (Å²) in [6.45, 7) is 2.15. The van der Waals surface area contributed by atoms with Gasteiger partial charge in [0.15, 0.2) is 5.65 Å². The van der Waals surface area contributed by atoms with E-state index in [9.17, 15) is 9.59 Å². The Morgan fingerprint density at radius 2 is 2.25 bits per heavy atom. The number of H-pyrrole nitrogens is 1. The van der Waals surface area contributed by atoms with Crippen molar-refractivity contribution >= 4 is 40.3 Å². The van der Waals surface area contributed by atoms with E-state index >= 15 is 0 Å². The maximum Gasteiger partial charge on any atom is 0.247 e. The van der Waals surface area contributed by atoms with Crippen molar-refractivity contribution in [2.45, 2.75) is 36.6 Å². The van der Waals surface area contributed by atoms with Gasteiger partial charge in [-0.15, -0.1) is 11.8 Å². The Morgan fingerprint density at radius 1 is 1.36 bits per heavy atom. The molecule has 0 aliphatic carbocycles. The third-order valence-electron chi connectivity index (χ3n) is 4.74. The number of benzene rings is 1. The number of fused-ring (bicyclic) bond motifs is 1. The summed E-state index contributed by atoms with van der Waals surface area (Å²) in [6, 6.07) is 7.35. The Hall–Kier alpha value is -2.94. The van der Waals surface area contributed by atoms with Crippen LogP contribution in [-0.2, 0) is 15.3 Å². The van der Waals surface area contributed by atoms with Gasteiger partial charge in [-0.3, -0.25) is 14.7 Å². The van der Waals surface area contributed by atoms with Gasteiger partial charge in [-0.1, -0.05) is 12.1 Å². The molecule has 2 N–H and O–H groups in total. The van der Waals surface area contributed by atoms with Crippen molar-refractivity contribution < 1.29 is 9.59 Å². The summed E-state index contributed by atoms with van der Waals surface area (Å²) in [4.78, 5) is 34.4.